The number of carbonyl (C=O) groups is 1. The van der Waals surface area contributed by atoms with Gasteiger partial charge >= 0.3 is 12.1 Å². The van der Waals surface area contributed by atoms with E-state index < -0.39 is 24.0 Å². The molecule has 8 heteroatoms. The molecular weight excluding hydrogens is 275 g/mol. The van der Waals surface area contributed by atoms with Gasteiger partial charge in [-0.2, -0.15) is 13.2 Å². The minimum atomic E-state index is -4.48. The Balaban J connectivity index is 2.20. The summed E-state index contributed by atoms with van der Waals surface area (Å²) in [5.74, 6) is -1.84. The zero-order valence-electron chi connectivity index (χ0n) is 11.0. The van der Waals surface area contributed by atoms with Crippen LogP contribution in [0.5, 0.6) is 0 Å². The van der Waals surface area contributed by atoms with Crippen molar-refractivity contribution in [3.05, 3.63) is 17.7 Å². The Labute approximate surface area is 114 Å². The smallest absolute Gasteiger partial charge is 0.449 e. The second-order valence-electron chi connectivity index (χ2n) is 4.84. The topological polar surface area (TPSA) is 58.4 Å². The third kappa shape index (κ3) is 2.79. The standard InChI is InChI=1S/C12H16F3N3O2/c1-2-3-9(10(19)20)17-4-5-18-8(7-17)6-16-11(18)12(13,14)15/h6,9H,2-5,7H2,1H3,(H,19,20). The second kappa shape index (κ2) is 5.43. The maximum atomic E-state index is 12.7. The summed E-state index contributed by atoms with van der Waals surface area (Å²) < 4.78 is 39.3. The van der Waals surface area contributed by atoms with E-state index in [1.54, 1.807) is 4.90 Å². The van der Waals surface area contributed by atoms with Crippen LogP contribution >= 0.6 is 0 Å². The van der Waals surface area contributed by atoms with Gasteiger partial charge in [-0.25, -0.2) is 4.98 Å². The van der Waals surface area contributed by atoms with E-state index in [2.05, 4.69) is 4.98 Å². The lowest BCUT2D eigenvalue weighted by atomic mass is 10.1. The first-order valence-corrected chi connectivity index (χ1v) is 6.43. The summed E-state index contributed by atoms with van der Waals surface area (Å²) in [5, 5.41) is 9.19. The molecule has 1 aromatic heterocycles. The van der Waals surface area contributed by atoms with E-state index in [4.69, 9.17) is 0 Å². The number of hydrogen-bond acceptors (Lipinski definition) is 3. The second-order valence-corrected chi connectivity index (χ2v) is 4.84. The van der Waals surface area contributed by atoms with Gasteiger partial charge in [0.15, 0.2) is 0 Å². The highest BCUT2D eigenvalue weighted by Gasteiger charge is 2.39. The summed E-state index contributed by atoms with van der Waals surface area (Å²) in [6.07, 6.45) is -2.11. The van der Waals surface area contributed by atoms with Crippen LogP contribution in [0.25, 0.3) is 0 Å². The number of imidazole rings is 1. The summed E-state index contributed by atoms with van der Waals surface area (Å²) in [6.45, 7) is 2.45. The van der Waals surface area contributed by atoms with Crippen molar-refractivity contribution in [2.24, 2.45) is 0 Å². The largest absolute Gasteiger partial charge is 0.480 e. The number of hydrogen-bond donors (Lipinski definition) is 1. The lowest BCUT2D eigenvalue weighted by molar-refractivity contribution is -0.149. The van der Waals surface area contributed by atoms with Gasteiger partial charge in [0.25, 0.3) is 0 Å². The van der Waals surface area contributed by atoms with E-state index in [1.807, 2.05) is 6.92 Å². The van der Waals surface area contributed by atoms with E-state index in [1.165, 1.54) is 6.20 Å². The highest BCUT2D eigenvalue weighted by Crippen LogP contribution is 2.30. The number of halogens is 3. The van der Waals surface area contributed by atoms with Gasteiger partial charge in [-0.3, -0.25) is 9.69 Å². The first-order valence-electron chi connectivity index (χ1n) is 6.43. The molecule has 1 aliphatic rings. The van der Waals surface area contributed by atoms with Crippen LogP contribution in [0.1, 0.15) is 31.3 Å². The van der Waals surface area contributed by atoms with Crippen LogP contribution in [0, 0.1) is 0 Å². The van der Waals surface area contributed by atoms with Crippen LogP contribution in [-0.2, 0) is 24.1 Å². The summed E-state index contributed by atoms with van der Waals surface area (Å²) in [4.78, 5) is 16.3. The van der Waals surface area contributed by atoms with Crippen molar-refractivity contribution in [3.8, 4) is 0 Å². The Kier molecular flexibility index (Phi) is 4.03. The number of aromatic nitrogens is 2. The fraction of sp³-hybridized carbons (Fsp3) is 0.667. The van der Waals surface area contributed by atoms with Gasteiger partial charge in [0.05, 0.1) is 11.9 Å². The molecule has 0 saturated carbocycles. The van der Waals surface area contributed by atoms with Crippen molar-refractivity contribution in [1.29, 1.82) is 0 Å². The lowest BCUT2D eigenvalue weighted by Gasteiger charge is -2.33. The van der Waals surface area contributed by atoms with Crippen molar-refractivity contribution in [2.45, 2.75) is 45.1 Å². The van der Waals surface area contributed by atoms with Crippen LogP contribution in [0.2, 0.25) is 0 Å². The molecule has 0 amide bonds. The monoisotopic (exact) mass is 291 g/mol. The van der Waals surface area contributed by atoms with Gasteiger partial charge in [-0.15, -0.1) is 0 Å². The summed E-state index contributed by atoms with van der Waals surface area (Å²) in [6, 6.07) is -0.655. The molecule has 1 atom stereocenters. The number of rotatable bonds is 4. The summed E-state index contributed by atoms with van der Waals surface area (Å²) >= 11 is 0. The number of aliphatic carboxylic acids is 1. The van der Waals surface area contributed by atoms with E-state index in [0.717, 1.165) is 4.57 Å². The molecular formula is C12H16F3N3O2. The number of carboxylic acids is 1. The number of fused-ring (bicyclic) bond motifs is 1. The Bertz CT molecular complexity index is 499. The van der Waals surface area contributed by atoms with Crippen molar-refractivity contribution in [2.75, 3.05) is 6.54 Å². The Morgan fingerprint density at radius 3 is 2.75 bits per heavy atom. The van der Waals surface area contributed by atoms with Gasteiger partial charge in [0, 0.05) is 19.6 Å². The van der Waals surface area contributed by atoms with Crippen molar-refractivity contribution >= 4 is 5.97 Å². The van der Waals surface area contributed by atoms with E-state index in [9.17, 15) is 23.1 Å². The fourth-order valence-electron chi connectivity index (χ4n) is 2.53. The molecule has 0 spiro atoms. The third-order valence-corrected chi connectivity index (χ3v) is 3.46. The van der Waals surface area contributed by atoms with Crippen LogP contribution in [0.4, 0.5) is 13.2 Å². The minimum Gasteiger partial charge on any atom is -0.480 e. The molecule has 2 rings (SSSR count). The summed E-state index contributed by atoms with van der Waals surface area (Å²) in [7, 11) is 0. The number of nitrogens with zero attached hydrogens (tertiary/aromatic N) is 3. The molecule has 1 aliphatic heterocycles. The maximum absolute atomic E-state index is 12.7. The molecule has 20 heavy (non-hydrogen) atoms. The molecule has 0 saturated heterocycles. The predicted octanol–water partition coefficient (Wildman–Crippen LogP) is 1.97. The van der Waals surface area contributed by atoms with Crippen LogP contribution in [-0.4, -0.2) is 38.1 Å². The van der Waals surface area contributed by atoms with Crippen molar-refractivity contribution < 1.29 is 23.1 Å². The SMILES string of the molecule is CCCC(C(=O)O)N1CCn2c(cnc2C(F)(F)F)C1. The molecule has 1 N–H and O–H groups in total. The molecule has 1 aromatic rings. The van der Waals surface area contributed by atoms with Gasteiger partial charge < -0.3 is 9.67 Å². The Morgan fingerprint density at radius 2 is 2.20 bits per heavy atom. The number of carboxylic acid groups (broad SMARTS) is 1. The highest BCUT2D eigenvalue weighted by molar-refractivity contribution is 5.73. The van der Waals surface area contributed by atoms with Gasteiger partial charge in [-0.05, 0) is 6.42 Å². The van der Waals surface area contributed by atoms with Crippen LogP contribution in [0.3, 0.4) is 0 Å². The molecule has 5 nitrogen and oxygen atoms in total. The van der Waals surface area contributed by atoms with Crippen molar-refractivity contribution in [1.82, 2.24) is 14.5 Å². The molecule has 0 aromatic carbocycles. The fourth-order valence-corrected chi connectivity index (χ4v) is 2.53. The average Bonchev–Trinajstić information content (AvgIpc) is 2.77. The Hall–Kier alpha value is -1.57. The summed E-state index contributed by atoms with van der Waals surface area (Å²) in [5.41, 5.74) is 0.408. The lowest BCUT2D eigenvalue weighted by Crippen LogP contribution is -2.45. The predicted molar refractivity (Wildman–Crippen MR) is 64.0 cm³/mol. The van der Waals surface area contributed by atoms with E-state index in [-0.39, 0.29) is 19.6 Å². The molecule has 112 valence electrons. The Morgan fingerprint density at radius 1 is 1.50 bits per heavy atom. The van der Waals surface area contributed by atoms with E-state index >= 15 is 0 Å². The van der Waals surface area contributed by atoms with Crippen LogP contribution in [0.15, 0.2) is 6.20 Å². The normalized spacial score (nSPS) is 17.8. The molecule has 0 bridgehead atoms. The zero-order chi connectivity index (χ0) is 14.9. The quantitative estimate of drug-likeness (QED) is 0.921. The molecule has 0 aliphatic carbocycles. The first-order chi connectivity index (χ1) is 9.34. The van der Waals surface area contributed by atoms with Crippen molar-refractivity contribution in [3.63, 3.8) is 0 Å². The maximum Gasteiger partial charge on any atom is 0.449 e. The highest BCUT2D eigenvalue weighted by atomic mass is 19.4. The first kappa shape index (κ1) is 14.8. The molecule has 1 unspecified atom stereocenters. The van der Waals surface area contributed by atoms with Crippen LogP contribution < -0.4 is 0 Å². The average molecular weight is 291 g/mol. The van der Waals surface area contributed by atoms with E-state index in [0.29, 0.717) is 18.5 Å². The molecule has 0 fully saturated rings. The third-order valence-electron chi connectivity index (χ3n) is 3.46. The van der Waals surface area contributed by atoms with Gasteiger partial charge in [-0.1, -0.05) is 13.3 Å². The molecule has 0 radical (unpaired) electrons. The molecule has 2 heterocycles. The zero-order valence-corrected chi connectivity index (χ0v) is 11.0. The number of alkyl halides is 3. The van der Waals surface area contributed by atoms with Gasteiger partial charge in [0.1, 0.15) is 6.04 Å². The minimum absolute atomic E-state index is 0.109. The van der Waals surface area contributed by atoms with Gasteiger partial charge in [0.2, 0.25) is 5.82 Å².